The summed E-state index contributed by atoms with van der Waals surface area (Å²) in [5.74, 6) is -8.24. The van der Waals surface area contributed by atoms with Crippen LogP contribution in [0.5, 0.6) is 11.5 Å². The summed E-state index contributed by atoms with van der Waals surface area (Å²) in [5, 5.41) is 0. The Balaban J connectivity index is 2.09. The van der Waals surface area contributed by atoms with E-state index in [4.69, 9.17) is 27.1 Å². The van der Waals surface area contributed by atoms with Gasteiger partial charge in [0.05, 0.1) is 0 Å². The van der Waals surface area contributed by atoms with Crippen LogP contribution < -0.4 is 9.05 Å². The SMILES string of the molecule is CC1(C)O[P-]2(Oc3ccc(F)cc3)(Oc3ccc(F)cc3)(OC(C(F)(F)F)=C(C(F)(F)F)O2)OC1(C)C. The van der Waals surface area contributed by atoms with Crippen molar-refractivity contribution in [2.24, 2.45) is 0 Å². The van der Waals surface area contributed by atoms with Gasteiger partial charge in [-0.2, -0.15) is 0 Å². The molecule has 0 atom stereocenters. The van der Waals surface area contributed by atoms with E-state index in [-0.39, 0.29) is 0 Å². The zero-order valence-corrected chi connectivity index (χ0v) is 20.4. The third kappa shape index (κ3) is 4.34. The van der Waals surface area contributed by atoms with Gasteiger partial charge in [-0.1, -0.05) is 0 Å². The van der Waals surface area contributed by atoms with E-state index in [9.17, 15) is 35.1 Å². The molecule has 1 fully saturated rings. The molecular formula is C22H20F8O6P-. The Kier molecular flexibility index (Phi) is 5.43. The molecule has 37 heavy (non-hydrogen) atoms. The first-order chi connectivity index (χ1) is 16.7. The van der Waals surface area contributed by atoms with Crippen LogP contribution in [0, 0.1) is 11.6 Å². The van der Waals surface area contributed by atoms with Gasteiger partial charge in [0.25, 0.3) is 0 Å². The number of alkyl halides is 6. The molecule has 2 aromatic carbocycles. The van der Waals surface area contributed by atoms with E-state index in [1.54, 1.807) is 0 Å². The predicted octanol–water partition coefficient (Wildman–Crippen LogP) is 7.99. The first-order valence-corrected chi connectivity index (χ1v) is 12.7. The molecule has 0 N–H and O–H groups in total. The molecule has 2 heterocycles. The summed E-state index contributed by atoms with van der Waals surface area (Å²) in [5.41, 5.74) is -3.61. The molecule has 2 aromatic rings. The molecule has 1 saturated heterocycles. The summed E-state index contributed by atoms with van der Waals surface area (Å²) in [6.07, 6.45) is -11.6. The van der Waals surface area contributed by atoms with Gasteiger partial charge in [-0.05, 0) is 0 Å². The molecule has 206 valence electrons. The van der Waals surface area contributed by atoms with Gasteiger partial charge in [-0.3, -0.25) is 0 Å². The Morgan fingerprint density at radius 1 is 0.595 bits per heavy atom. The van der Waals surface area contributed by atoms with Gasteiger partial charge in [0.2, 0.25) is 0 Å². The van der Waals surface area contributed by atoms with Crippen LogP contribution in [0.25, 0.3) is 0 Å². The van der Waals surface area contributed by atoms with Gasteiger partial charge in [0, 0.05) is 0 Å². The van der Waals surface area contributed by atoms with Crippen molar-refractivity contribution in [3.05, 3.63) is 71.7 Å². The van der Waals surface area contributed by atoms with Crippen molar-refractivity contribution in [2.75, 3.05) is 0 Å². The first kappa shape index (κ1) is 27.2. The van der Waals surface area contributed by atoms with Gasteiger partial charge in [-0.25, -0.2) is 0 Å². The molecule has 0 bridgehead atoms. The summed E-state index contributed by atoms with van der Waals surface area (Å²) >= 11 is 0. The van der Waals surface area contributed by atoms with E-state index in [0.717, 1.165) is 48.5 Å². The van der Waals surface area contributed by atoms with Crippen LogP contribution in [0.15, 0.2) is 60.0 Å². The number of allylic oxidation sites excluding steroid dienone is 2. The fraction of sp³-hybridized carbons (Fsp3) is 0.364. The molecule has 0 saturated carbocycles. The monoisotopic (exact) mass is 563 g/mol. The van der Waals surface area contributed by atoms with Crippen LogP contribution >= 0.6 is 7.31 Å². The van der Waals surface area contributed by atoms with E-state index in [1.807, 2.05) is 0 Å². The second kappa shape index (κ2) is 7.39. The van der Waals surface area contributed by atoms with Crippen molar-refractivity contribution in [1.82, 2.24) is 0 Å². The standard InChI is InChI=1S/C22H20F8O6P/c1-19(2)20(3,4)36-37(35-19,31-15-9-5-13(23)6-10-15,32-16-11-7-14(24)8-12-16)33-17(21(25,26)27)18(34-37)22(28,29)30/h5-12H,1-4H3/q-1. The van der Waals surface area contributed by atoms with Crippen LogP contribution in [-0.2, 0) is 18.1 Å². The summed E-state index contributed by atoms with van der Waals surface area (Å²) in [4.78, 5) is 0. The normalized spacial score (nSPS) is 24.8. The van der Waals surface area contributed by atoms with E-state index in [2.05, 4.69) is 0 Å². The Labute approximate surface area is 204 Å². The van der Waals surface area contributed by atoms with Crippen LogP contribution in [0.2, 0.25) is 0 Å². The van der Waals surface area contributed by atoms with Crippen LogP contribution in [0.3, 0.4) is 0 Å². The molecule has 0 unspecified atom stereocenters. The molecule has 4 rings (SSSR count). The molecule has 2 aliphatic heterocycles. The van der Waals surface area contributed by atoms with Crippen molar-refractivity contribution < 1.29 is 62.3 Å². The summed E-state index contributed by atoms with van der Waals surface area (Å²) in [7, 11) is -7.78. The second-order valence-corrected chi connectivity index (χ2v) is 12.6. The van der Waals surface area contributed by atoms with Crippen molar-refractivity contribution in [2.45, 2.75) is 51.2 Å². The van der Waals surface area contributed by atoms with Gasteiger partial charge in [0.15, 0.2) is 0 Å². The topological polar surface area (TPSA) is 55.4 Å². The Hall–Kier alpha value is -2.83. The van der Waals surface area contributed by atoms with E-state index < -0.39 is 65.5 Å². The molecule has 15 heteroatoms. The fourth-order valence-corrected chi connectivity index (χ4v) is 8.75. The van der Waals surface area contributed by atoms with Crippen molar-refractivity contribution >= 4 is 7.31 Å². The van der Waals surface area contributed by atoms with Crippen molar-refractivity contribution in [3.8, 4) is 11.5 Å². The third-order valence-corrected chi connectivity index (χ3v) is 9.70. The molecule has 6 nitrogen and oxygen atoms in total. The Bertz CT molecular complexity index is 1170. The number of rotatable bonds is 4. The molecule has 2 aliphatic rings. The number of benzene rings is 2. The number of hydrogen-bond acceptors (Lipinski definition) is 6. The van der Waals surface area contributed by atoms with E-state index >= 15 is 0 Å². The zero-order valence-electron chi connectivity index (χ0n) is 19.5. The molecule has 1 spiro atoms. The maximum absolute atomic E-state index is 14.0. The average Bonchev–Trinajstić information content (AvgIpc) is 3.11. The van der Waals surface area contributed by atoms with Crippen LogP contribution in [-0.4, -0.2) is 23.6 Å². The molecule has 0 aliphatic carbocycles. The molecule has 0 amide bonds. The second-order valence-electron chi connectivity index (χ2n) is 9.25. The number of hydrogen-bond donors (Lipinski definition) is 0. The Morgan fingerprint density at radius 2 is 0.892 bits per heavy atom. The van der Waals surface area contributed by atoms with Crippen molar-refractivity contribution in [1.29, 1.82) is 0 Å². The maximum atomic E-state index is 14.0. The minimum atomic E-state index is -7.78. The Morgan fingerprint density at radius 3 is 1.16 bits per heavy atom. The van der Waals surface area contributed by atoms with Crippen molar-refractivity contribution in [3.63, 3.8) is 0 Å². The average molecular weight is 563 g/mol. The predicted molar refractivity (Wildman–Crippen MR) is 113 cm³/mol. The fourth-order valence-electron chi connectivity index (χ4n) is 3.67. The molecule has 0 aromatic heterocycles. The van der Waals surface area contributed by atoms with Gasteiger partial charge < -0.3 is 0 Å². The summed E-state index contributed by atoms with van der Waals surface area (Å²) in [6.45, 7) is 5.02. The first-order valence-electron chi connectivity index (χ1n) is 10.5. The zero-order chi connectivity index (χ0) is 27.8. The quantitative estimate of drug-likeness (QED) is 0.278. The molecule has 0 radical (unpaired) electrons. The van der Waals surface area contributed by atoms with Crippen LogP contribution in [0.1, 0.15) is 27.7 Å². The van der Waals surface area contributed by atoms with E-state index in [0.29, 0.717) is 0 Å². The van der Waals surface area contributed by atoms with E-state index in [1.165, 1.54) is 27.7 Å². The minimum absolute atomic E-state index is 0.600. The molecular weight excluding hydrogens is 543 g/mol. The van der Waals surface area contributed by atoms with Crippen LogP contribution in [0.4, 0.5) is 35.1 Å². The van der Waals surface area contributed by atoms with Gasteiger partial charge in [0.1, 0.15) is 0 Å². The van der Waals surface area contributed by atoms with Gasteiger partial charge >= 0.3 is 204 Å². The number of halogens is 8. The van der Waals surface area contributed by atoms with Gasteiger partial charge in [-0.15, -0.1) is 0 Å². The summed E-state index contributed by atoms with van der Waals surface area (Å²) < 4.78 is 144. The third-order valence-electron chi connectivity index (χ3n) is 5.77. The summed E-state index contributed by atoms with van der Waals surface area (Å²) in [6, 6.07) is 6.58.